The fourth-order valence-corrected chi connectivity index (χ4v) is 5.68. The molecule has 0 radical (unpaired) electrons. The Bertz CT molecular complexity index is 1260. The molecule has 1 aliphatic rings. The summed E-state index contributed by atoms with van der Waals surface area (Å²) in [5, 5.41) is 10.8. The highest BCUT2D eigenvalue weighted by Gasteiger charge is 2.23. The SMILES string of the molecule is N#Cc1ccc(Oc2nc(CSc3ccc(Cl)cc3)nc3sc4c(c23)CCC4)cc1. The van der Waals surface area contributed by atoms with Crippen LogP contribution in [0.25, 0.3) is 10.2 Å². The summed E-state index contributed by atoms with van der Waals surface area (Å²) in [5.74, 6) is 2.66. The standard InChI is InChI=1S/C23H16ClN3OS2/c24-15-6-10-17(11-7-15)29-13-20-26-22(28-16-8-4-14(12-25)5-9-16)21-18-2-1-3-19(18)30-23(21)27-20/h4-11H,1-3,13H2. The molecule has 0 saturated carbocycles. The molecule has 0 N–H and O–H groups in total. The molecule has 5 rings (SSSR count). The van der Waals surface area contributed by atoms with E-state index >= 15 is 0 Å². The van der Waals surface area contributed by atoms with Gasteiger partial charge in [-0.1, -0.05) is 11.6 Å². The van der Waals surface area contributed by atoms with Crippen LogP contribution in [0.4, 0.5) is 0 Å². The average Bonchev–Trinajstić information content (AvgIpc) is 3.35. The molecule has 0 aliphatic heterocycles. The number of ether oxygens (including phenoxy) is 1. The number of benzene rings is 2. The van der Waals surface area contributed by atoms with Crippen LogP contribution >= 0.6 is 34.7 Å². The zero-order chi connectivity index (χ0) is 20.5. The minimum Gasteiger partial charge on any atom is -0.438 e. The van der Waals surface area contributed by atoms with E-state index in [1.54, 1.807) is 47.4 Å². The molecule has 30 heavy (non-hydrogen) atoms. The van der Waals surface area contributed by atoms with E-state index in [0.717, 1.165) is 38.8 Å². The first-order valence-corrected chi connectivity index (χ1v) is 11.7. The molecule has 1 aliphatic carbocycles. The highest BCUT2D eigenvalue weighted by molar-refractivity contribution is 7.98. The minimum atomic E-state index is 0.603. The lowest BCUT2D eigenvalue weighted by atomic mass is 10.2. The molecule has 0 spiro atoms. The Balaban J connectivity index is 1.49. The van der Waals surface area contributed by atoms with Crippen LogP contribution in [0.3, 0.4) is 0 Å². The predicted octanol–water partition coefficient (Wildman–Crippen LogP) is 6.79. The molecule has 0 bridgehead atoms. The third-order valence-electron chi connectivity index (χ3n) is 4.96. The van der Waals surface area contributed by atoms with Crippen molar-refractivity contribution in [3.8, 4) is 17.7 Å². The number of halogens is 1. The van der Waals surface area contributed by atoms with Gasteiger partial charge in [-0.2, -0.15) is 10.2 Å². The van der Waals surface area contributed by atoms with E-state index in [1.807, 2.05) is 24.3 Å². The van der Waals surface area contributed by atoms with Crippen LogP contribution in [0.1, 0.15) is 28.2 Å². The predicted molar refractivity (Wildman–Crippen MR) is 122 cm³/mol. The first-order valence-electron chi connectivity index (χ1n) is 9.57. The number of nitriles is 1. The van der Waals surface area contributed by atoms with E-state index in [-0.39, 0.29) is 0 Å². The molecule has 4 nitrogen and oxygen atoms in total. The number of thioether (sulfide) groups is 1. The van der Waals surface area contributed by atoms with Crippen molar-refractivity contribution in [2.45, 2.75) is 29.9 Å². The highest BCUT2D eigenvalue weighted by Crippen LogP contribution is 2.42. The number of hydrogen-bond donors (Lipinski definition) is 0. The number of nitrogens with zero attached hydrogens (tertiary/aromatic N) is 3. The van der Waals surface area contributed by atoms with Crippen molar-refractivity contribution in [2.75, 3.05) is 0 Å². The molecule has 4 aromatic rings. The third-order valence-corrected chi connectivity index (χ3v) is 7.40. The molecule has 0 fully saturated rings. The molecular formula is C23H16ClN3OS2. The Morgan fingerprint density at radius 3 is 2.63 bits per heavy atom. The maximum atomic E-state index is 9.02. The molecule has 0 saturated heterocycles. The topological polar surface area (TPSA) is 58.8 Å². The summed E-state index contributed by atoms with van der Waals surface area (Å²) < 4.78 is 6.20. The molecular weight excluding hydrogens is 434 g/mol. The van der Waals surface area contributed by atoms with E-state index < -0.39 is 0 Å². The van der Waals surface area contributed by atoms with Gasteiger partial charge >= 0.3 is 0 Å². The molecule has 2 heterocycles. The molecule has 148 valence electrons. The Hall–Kier alpha value is -2.59. The number of aryl methyl sites for hydroxylation is 2. The summed E-state index contributed by atoms with van der Waals surface area (Å²) in [6.45, 7) is 0. The summed E-state index contributed by atoms with van der Waals surface area (Å²) in [4.78, 5) is 13.1. The fraction of sp³-hybridized carbons (Fsp3) is 0.174. The van der Waals surface area contributed by atoms with E-state index in [2.05, 4.69) is 6.07 Å². The van der Waals surface area contributed by atoms with E-state index in [4.69, 9.17) is 31.6 Å². The summed E-state index contributed by atoms with van der Waals surface area (Å²) in [6.07, 6.45) is 3.31. The van der Waals surface area contributed by atoms with Gasteiger partial charge in [0.2, 0.25) is 5.88 Å². The van der Waals surface area contributed by atoms with Gasteiger partial charge in [-0.3, -0.25) is 0 Å². The van der Waals surface area contributed by atoms with Gasteiger partial charge in [0.15, 0.2) is 0 Å². The Kier molecular flexibility index (Phi) is 5.34. The fourth-order valence-electron chi connectivity index (χ4n) is 3.53. The molecule has 0 atom stereocenters. The van der Waals surface area contributed by atoms with Gasteiger partial charge in [-0.25, -0.2) is 4.98 Å². The van der Waals surface area contributed by atoms with E-state index in [9.17, 15) is 0 Å². The van der Waals surface area contributed by atoms with Gasteiger partial charge in [0, 0.05) is 14.8 Å². The first-order chi connectivity index (χ1) is 14.7. The summed E-state index contributed by atoms with van der Waals surface area (Å²) in [6, 6.07) is 17.0. The Morgan fingerprint density at radius 1 is 1.07 bits per heavy atom. The number of aromatic nitrogens is 2. The second-order valence-electron chi connectivity index (χ2n) is 6.96. The summed E-state index contributed by atoms with van der Waals surface area (Å²) >= 11 is 9.41. The van der Waals surface area contributed by atoms with Gasteiger partial charge < -0.3 is 4.74 Å². The van der Waals surface area contributed by atoms with Crippen LogP contribution in [0, 0.1) is 11.3 Å². The van der Waals surface area contributed by atoms with Gasteiger partial charge in [0.25, 0.3) is 0 Å². The maximum absolute atomic E-state index is 9.02. The molecule has 2 aromatic carbocycles. The normalized spacial score (nSPS) is 12.7. The van der Waals surface area contributed by atoms with Gasteiger partial charge in [0.1, 0.15) is 16.4 Å². The maximum Gasteiger partial charge on any atom is 0.231 e. The number of fused-ring (bicyclic) bond motifs is 3. The van der Waals surface area contributed by atoms with Crippen LogP contribution in [0.5, 0.6) is 11.6 Å². The monoisotopic (exact) mass is 449 g/mol. The van der Waals surface area contributed by atoms with Crippen molar-refractivity contribution in [3.63, 3.8) is 0 Å². The molecule has 2 aromatic heterocycles. The van der Waals surface area contributed by atoms with Gasteiger partial charge in [-0.05, 0) is 73.4 Å². The van der Waals surface area contributed by atoms with Crippen molar-refractivity contribution >= 4 is 44.9 Å². The van der Waals surface area contributed by atoms with Crippen LogP contribution in [0.2, 0.25) is 5.02 Å². The zero-order valence-corrected chi connectivity index (χ0v) is 18.3. The van der Waals surface area contributed by atoms with E-state index in [1.165, 1.54) is 16.9 Å². The second kappa shape index (κ2) is 8.27. The lowest BCUT2D eigenvalue weighted by molar-refractivity contribution is 0.466. The lowest BCUT2D eigenvalue weighted by Gasteiger charge is -2.09. The molecule has 0 amide bonds. The van der Waals surface area contributed by atoms with Crippen molar-refractivity contribution < 1.29 is 4.74 Å². The third kappa shape index (κ3) is 3.89. The van der Waals surface area contributed by atoms with Crippen molar-refractivity contribution in [1.82, 2.24) is 9.97 Å². The Labute approximate surface area is 187 Å². The summed E-state index contributed by atoms with van der Waals surface area (Å²) in [7, 11) is 0. The van der Waals surface area contributed by atoms with Crippen LogP contribution in [-0.2, 0) is 18.6 Å². The number of rotatable bonds is 5. The molecule has 0 unspecified atom stereocenters. The lowest BCUT2D eigenvalue weighted by Crippen LogP contribution is -1.98. The van der Waals surface area contributed by atoms with Crippen molar-refractivity contribution in [3.05, 3.63) is 75.4 Å². The van der Waals surface area contributed by atoms with Crippen LogP contribution in [-0.4, -0.2) is 9.97 Å². The number of hydrogen-bond acceptors (Lipinski definition) is 6. The average molecular weight is 450 g/mol. The molecule has 7 heteroatoms. The summed E-state index contributed by atoms with van der Waals surface area (Å²) in [5.41, 5.74) is 1.93. The first kappa shape index (κ1) is 19.4. The van der Waals surface area contributed by atoms with Gasteiger partial charge in [-0.15, -0.1) is 23.1 Å². The smallest absolute Gasteiger partial charge is 0.231 e. The van der Waals surface area contributed by atoms with Crippen LogP contribution in [0.15, 0.2) is 53.4 Å². The largest absolute Gasteiger partial charge is 0.438 e. The van der Waals surface area contributed by atoms with Gasteiger partial charge in [0.05, 0.1) is 22.8 Å². The van der Waals surface area contributed by atoms with Crippen molar-refractivity contribution in [1.29, 1.82) is 5.26 Å². The Morgan fingerprint density at radius 2 is 1.87 bits per heavy atom. The van der Waals surface area contributed by atoms with E-state index in [0.29, 0.717) is 22.9 Å². The quantitative estimate of drug-likeness (QED) is 0.314. The second-order valence-corrected chi connectivity index (χ2v) is 9.53. The van der Waals surface area contributed by atoms with Crippen LogP contribution < -0.4 is 4.74 Å². The number of thiophene rings is 1. The van der Waals surface area contributed by atoms with Crippen molar-refractivity contribution in [2.24, 2.45) is 0 Å². The highest BCUT2D eigenvalue weighted by atomic mass is 35.5. The zero-order valence-electron chi connectivity index (χ0n) is 15.9. The minimum absolute atomic E-state index is 0.603.